The zero-order valence-corrected chi connectivity index (χ0v) is 21.3. The summed E-state index contributed by atoms with van der Waals surface area (Å²) in [6, 6.07) is 9.70. The van der Waals surface area contributed by atoms with Gasteiger partial charge in [0.1, 0.15) is 6.61 Å². The summed E-state index contributed by atoms with van der Waals surface area (Å²) in [5, 5.41) is 5.34. The van der Waals surface area contributed by atoms with E-state index in [1.165, 1.54) is 11.3 Å². The minimum Gasteiger partial charge on any atom is -0.493 e. The third kappa shape index (κ3) is 5.13. The van der Waals surface area contributed by atoms with Gasteiger partial charge in [-0.2, -0.15) is 0 Å². The van der Waals surface area contributed by atoms with Crippen molar-refractivity contribution in [3.8, 4) is 11.5 Å². The van der Waals surface area contributed by atoms with Gasteiger partial charge < -0.3 is 24.3 Å². The normalized spacial score (nSPS) is 19.8. The van der Waals surface area contributed by atoms with Crippen LogP contribution >= 0.6 is 11.3 Å². The van der Waals surface area contributed by atoms with Crippen LogP contribution in [0.4, 0.5) is 0 Å². The number of dihydropyridines is 1. The minimum atomic E-state index is -0.440. The Morgan fingerprint density at radius 2 is 1.91 bits per heavy atom. The standard InChI is InChI=1S/C27H31NO6S/c1-5-33-10-11-34-27(30)24-16(2)28-19-13-18(17-8-9-21(31-3)22(15-17)32-4)14-20(29)25(19)26(24)23-7-6-12-35-23/h6-9,12,15,18,26,28H,5,10-11,13-14H2,1-4H3/t18-,26+/m0/s1. The molecule has 0 spiro atoms. The topological polar surface area (TPSA) is 83.1 Å². The first-order valence-corrected chi connectivity index (χ1v) is 12.6. The van der Waals surface area contributed by atoms with E-state index in [2.05, 4.69) is 5.32 Å². The van der Waals surface area contributed by atoms with Crippen molar-refractivity contribution in [2.24, 2.45) is 0 Å². The van der Waals surface area contributed by atoms with Gasteiger partial charge in [-0.05, 0) is 55.3 Å². The first-order chi connectivity index (χ1) is 17.0. The number of hydrogen-bond acceptors (Lipinski definition) is 8. The van der Waals surface area contributed by atoms with Crippen LogP contribution in [-0.4, -0.2) is 45.8 Å². The Hall–Kier alpha value is -3.10. The van der Waals surface area contributed by atoms with Gasteiger partial charge in [-0.3, -0.25) is 4.79 Å². The average Bonchev–Trinajstić information content (AvgIpc) is 3.39. The SMILES string of the molecule is CCOCCOC(=O)C1=C(C)NC2=C(C(=O)C[C@@H](c3ccc(OC)c(OC)c3)C2)[C@@H]1c1cccs1. The lowest BCUT2D eigenvalue weighted by molar-refractivity contribution is -0.140. The van der Waals surface area contributed by atoms with Crippen LogP contribution in [0.2, 0.25) is 0 Å². The fraction of sp³-hybridized carbons (Fsp3) is 0.407. The van der Waals surface area contributed by atoms with E-state index in [0.29, 0.717) is 54.4 Å². The van der Waals surface area contributed by atoms with Gasteiger partial charge in [0.05, 0.1) is 32.3 Å². The number of benzene rings is 1. The van der Waals surface area contributed by atoms with E-state index in [1.807, 2.05) is 49.6 Å². The smallest absolute Gasteiger partial charge is 0.336 e. The van der Waals surface area contributed by atoms with Crippen LogP contribution in [0.5, 0.6) is 11.5 Å². The van der Waals surface area contributed by atoms with Crippen LogP contribution in [0.25, 0.3) is 0 Å². The predicted octanol–water partition coefficient (Wildman–Crippen LogP) is 4.71. The van der Waals surface area contributed by atoms with Crippen molar-refractivity contribution in [1.29, 1.82) is 0 Å². The number of ketones is 1. The largest absolute Gasteiger partial charge is 0.493 e. The molecule has 1 aliphatic heterocycles. The third-order valence-electron chi connectivity index (χ3n) is 6.42. The number of rotatable bonds is 9. The molecule has 7 nitrogen and oxygen atoms in total. The molecule has 35 heavy (non-hydrogen) atoms. The Labute approximate surface area is 209 Å². The lowest BCUT2D eigenvalue weighted by Crippen LogP contribution is -2.36. The van der Waals surface area contributed by atoms with Gasteiger partial charge in [0, 0.05) is 34.9 Å². The maximum absolute atomic E-state index is 13.6. The second-order valence-electron chi connectivity index (χ2n) is 8.48. The van der Waals surface area contributed by atoms with E-state index in [0.717, 1.165) is 16.1 Å². The number of methoxy groups -OCH3 is 2. The van der Waals surface area contributed by atoms with Gasteiger partial charge in [-0.15, -0.1) is 11.3 Å². The second-order valence-corrected chi connectivity index (χ2v) is 9.46. The molecule has 0 saturated carbocycles. The van der Waals surface area contributed by atoms with E-state index in [1.54, 1.807) is 14.2 Å². The van der Waals surface area contributed by atoms with Crippen molar-refractivity contribution in [1.82, 2.24) is 5.32 Å². The summed E-state index contributed by atoms with van der Waals surface area (Å²) in [4.78, 5) is 27.7. The maximum Gasteiger partial charge on any atom is 0.336 e. The quantitative estimate of drug-likeness (QED) is 0.397. The molecule has 2 aromatic rings. The van der Waals surface area contributed by atoms with Gasteiger partial charge in [0.2, 0.25) is 0 Å². The molecule has 1 aromatic heterocycles. The molecular weight excluding hydrogens is 466 g/mol. The van der Waals surface area contributed by atoms with Gasteiger partial charge in [-0.1, -0.05) is 12.1 Å². The van der Waals surface area contributed by atoms with Gasteiger partial charge in [-0.25, -0.2) is 4.79 Å². The van der Waals surface area contributed by atoms with Crippen molar-refractivity contribution in [2.45, 2.75) is 38.5 Å². The number of esters is 1. The molecule has 2 heterocycles. The molecule has 1 N–H and O–H groups in total. The summed E-state index contributed by atoms with van der Waals surface area (Å²) in [7, 11) is 3.20. The highest BCUT2D eigenvalue weighted by Crippen LogP contribution is 2.47. The summed E-state index contributed by atoms with van der Waals surface area (Å²) >= 11 is 1.54. The van der Waals surface area contributed by atoms with Crippen molar-refractivity contribution < 1.29 is 28.5 Å². The summed E-state index contributed by atoms with van der Waals surface area (Å²) in [6.07, 6.45) is 1.01. The van der Waals surface area contributed by atoms with Crippen LogP contribution in [0.1, 0.15) is 49.0 Å². The molecule has 1 aromatic carbocycles. The number of thiophene rings is 1. The average molecular weight is 498 g/mol. The van der Waals surface area contributed by atoms with Crippen molar-refractivity contribution >= 4 is 23.1 Å². The predicted molar refractivity (Wildman–Crippen MR) is 134 cm³/mol. The molecule has 1 aliphatic carbocycles. The number of hydrogen-bond donors (Lipinski definition) is 1. The first-order valence-electron chi connectivity index (χ1n) is 11.7. The highest BCUT2D eigenvalue weighted by Gasteiger charge is 2.42. The van der Waals surface area contributed by atoms with Crippen molar-refractivity contribution in [3.63, 3.8) is 0 Å². The van der Waals surface area contributed by atoms with Crippen LogP contribution in [-0.2, 0) is 19.1 Å². The molecule has 0 radical (unpaired) electrons. The Morgan fingerprint density at radius 1 is 1.11 bits per heavy atom. The summed E-state index contributed by atoms with van der Waals surface area (Å²) in [6.45, 7) is 4.83. The zero-order chi connectivity index (χ0) is 24.9. The molecule has 0 fully saturated rings. The van der Waals surface area contributed by atoms with Crippen LogP contribution in [0.3, 0.4) is 0 Å². The van der Waals surface area contributed by atoms with Crippen LogP contribution in [0, 0.1) is 0 Å². The number of carbonyl (C=O) groups excluding carboxylic acids is 2. The number of ether oxygens (including phenoxy) is 4. The van der Waals surface area contributed by atoms with E-state index < -0.39 is 11.9 Å². The molecule has 0 saturated heterocycles. The molecule has 186 valence electrons. The molecule has 4 rings (SSSR count). The highest BCUT2D eigenvalue weighted by molar-refractivity contribution is 7.10. The first kappa shape index (κ1) is 25.0. The Morgan fingerprint density at radius 3 is 2.60 bits per heavy atom. The van der Waals surface area contributed by atoms with Gasteiger partial charge in [0.15, 0.2) is 17.3 Å². The van der Waals surface area contributed by atoms with Gasteiger partial charge >= 0.3 is 5.97 Å². The molecule has 2 atom stereocenters. The number of allylic oxidation sites excluding steroid dienone is 3. The Balaban J connectivity index is 1.66. The molecule has 8 heteroatoms. The third-order valence-corrected chi connectivity index (χ3v) is 7.36. The van der Waals surface area contributed by atoms with E-state index >= 15 is 0 Å². The monoisotopic (exact) mass is 497 g/mol. The number of Topliss-reactive ketones (excluding diaryl/α,β-unsaturated/α-hetero) is 1. The van der Waals surface area contributed by atoms with Crippen LogP contribution < -0.4 is 14.8 Å². The van der Waals surface area contributed by atoms with Crippen molar-refractivity contribution in [2.75, 3.05) is 34.0 Å². The van der Waals surface area contributed by atoms with Gasteiger partial charge in [0.25, 0.3) is 0 Å². The molecule has 0 amide bonds. The number of nitrogens with one attached hydrogen (secondary N) is 1. The molecule has 2 aliphatic rings. The maximum atomic E-state index is 13.6. The lowest BCUT2D eigenvalue weighted by atomic mass is 9.73. The minimum absolute atomic E-state index is 0.00923. The molecular formula is C27H31NO6S. The highest BCUT2D eigenvalue weighted by atomic mass is 32.1. The fourth-order valence-electron chi connectivity index (χ4n) is 4.81. The zero-order valence-electron chi connectivity index (χ0n) is 20.5. The Bertz CT molecular complexity index is 1150. The molecule has 0 unspecified atom stereocenters. The second kappa shape index (κ2) is 11.1. The van der Waals surface area contributed by atoms with E-state index in [4.69, 9.17) is 18.9 Å². The summed E-state index contributed by atoms with van der Waals surface area (Å²) in [5.74, 6) is 0.449. The van der Waals surface area contributed by atoms with E-state index in [9.17, 15) is 9.59 Å². The fourth-order valence-corrected chi connectivity index (χ4v) is 5.65. The summed E-state index contributed by atoms with van der Waals surface area (Å²) in [5.41, 5.74) is 3.74. The van der Waals surface area contributed by atoms with E-state index in [-0.39, 0.29) is 18.3 Å². The van der Waals surface area contributed by atoms with Crippen LogP contribution in [0.15, 0.2) is 58.3 Å². The lowest BCUT2D eigenvalue weighted by Gasteiger charge is -2.36. The molecule has 0 bridgehead atoms. The Kier molecular flexibility index (Phi) is 7.93. The number of carbonyl (C=O) groups is 2. The van der Waals surface area contributed by atoms with Crippen molar-refractivity contribution in [3.05, 3.63) is 68.7 Å². The summed E-state index contributed by atoms with van der Waals surface area (Å²) < 4.78 is 21.6.